The predicted molar refractivity (Wildman–Crippen MR) is 63.2 cm³/mol. The number of aliphatic hydroxyl groups excluding tert-OH is 2. The van der Waals surface area contributed by atoms with Crippen molar-refractivity contribution in [3.8, 4) is 0 Å². The molecule has 5 heteroatoms. The van der Waals surface area contributed by atoms with Crippen molar-refractivity contribution in [3.05, 3.63) is 29.3 Å². The number of aliphatic hydroxyl groups is 2. The largest absolute Gasteiger partial charge is 0.469 e. The van der Waals surface area contributed by atoms with Crippen molar-refractivity contribution in [2.75, 3.05) is 12.8 Å². The number of aryl methyl sites for hydroxylation is 1. The molecule has 1 aromatic rings. The molecule has 2 atom stereocenters. The SMILES string of the molecule is COC(=O)CC(O)C(O)c1ccc(N)cc1C. The Morgan fingerprint density at radius 1 is 1.47 bits per heavy atom. The van der Waals surface area contributed by atoms with Crippen LogP contribution in [0.15, 0.2) is 18.2 Å². The van der Waals surface area contributed by atoms with Crippen molar-refractivity contribution >= 4 is 11.7 Å². The molecule has 94 valence electrons. The Morgan fingerprint density at radius 3 is 2.65 bits per heavy atom. The van der Waals surface area contributed by atoms with E-state index in [9.17, 15) is 15.0 Å². The van der Waals surface area contributed by atoms with E-state index in [0.29, 0.717) is 11.3 Å². The maximum Gasteiger partial charge on any atom is 0.308 e. The third-order valence-corrected chi connectivity index (χ3v) is 2.58. The fourth-order valence-corrected chi connectivity index (χ4v) is 1.60. The first kappa shape index (κ1) is 13.5. The van der Waals surface area contributed by atoms with Gasteiger partial charge in [0.1, 0.15) is 6.10 Å². The molecule has 0 fully saturated rings. The van der Waals surface area contributed by atoms with Crippen molar-refractivity contribution in [2.24, 2.45) is 0 Å². The van der Waals surface area contributed by atoms with Gasteiger partial charge < -0.3 is 20.7 Å². The lowest BCUT2D eigenvalue weighted by molar-refractivity contribution is -0.144. The van der Waals surface area contributed by atoms with Crippen LogP contribution in [0.25, 0.3) is 0 Å². The third kappa shape index (κ3) is 3.44. The molecule has 1 rings (SSSR count). The van der Waals surface area contributed by atoms with E-state index in [1.165, 1.54) is 7.11 Å². The van der Waals surface area contributed by atoms with Crippen LogP contribution in [-0.2, 0) is 9.53 Å². The highest BCUT2D eigenvalue weighted by Crippen LogP contribution is 2.24. The summed E-state index contributed by atoms with van der Waals surface area (Å²) < 4.78 is 4.43. The Kier molecular flexibility index (Phi) is 4.48. The average Bonchev–Trinajstić information content (AvgIpc) is 2.28. The molecule has 0 saturated heterocycles. The molecule has 0 amide bonds. The van der Waals surface area contributed by atoms with Crippen molar-refractivity contribution in [3.63, 3.8) is 0 Å². The molecular weight excluding hydrogens is 222 g/mol. The number of nitrogens with two attached hydrogens (primary N) is 1. The maximum atomic E-state index is 11.0. The second-order valence-corrected chi connectivity index (χ2v) is 3.91. The van der Waals surface area contributed by atoms with Gasteiger partial charge in [0.15, 0.2) is 0 Å². The third-order valence-electron chi connectivity index (χ3n) is 2.58. The van der Waals surface area contributed by atoms with E-state index in [4.69, 9.17) is 5.73 Å². The smallest absolute Gasteiger partial charge is 0.308 e. The highest BCUT2D eigenvalue weighted by Gasteiger charge is 2.23. The van der Waals surface area contributed by atoms with E-state index in [1.54, 1.807) is 25.1 Å². The van der Waals surface area contributed by atoms with Gasteiger partial charge in [-0.1, -0.05) is 6.07 Å². The molecule has 2 unspecified atom stereocenters. The maximum absolute atomic E-state index is 11.0. The molecular formula is C12H17NO4. The lowest BCUT2D eigenvalue weighted by Crippen LogP contribution is -2.23. The molecule has 0 aliphatic rings. The minimum atomic E-state index is -1.19. The fraction of sp³-hybridized carbons (Fsp3) is 0.417. The number of nitrogen functional groups attached to an aromatic ring is 1. The Labute approximate surface area is 99.8 Å². The van der Waals surface area contributed by atoms with Gasteiger partial charge in [-0.25, -0.2) is 0 Å². The monoisotopic (exact) mass is 239 g/mol. The zero-order valence-corrected chi connectivity index (χ0v) is 9.88. The van der Waals surface area contributed by atoms with E-state index in [1.807, 2.05) is 0 Å². The number of carbonyl (C=O) groups is 1. The van der Waals surface area contributed by atoms with Gasteiger partial charge in [-0.05, 0) is 30.2 Å². The Bertz CT molecular complexity index is 405. The normalized spacial score (nSPS) is 14.1. The van der Waals surface area contributed by atoms with Crippen molar-refractivity contribution in [1.29, 1.82) is 0 Å². The summed E-state index contributed by atoms with van der Waals surface area (Å²) in [5, 5.41) is 19.6. The zero-order valence-electron chi connectivity index (χ0n) is 9.88. The van der Waals surface area contributed by atoms with E-state index in [2.05, 4.69) is 4.74 Å². The number of anilines is 1. The summed E-state index contributed by atoms with van der Waals surface area (Å²) >= 11 is 0. The van der Waals surface area contributed by atoms with Crippen molar-refractivity contribution in [1.82, 2.24) is 0 Å². The van der Waals surface area contributed by atoms with Gasteiger partial charge in [-0.2, -0.15) is 0 Å². The average molecular weight is 239 g/mol. The summed E-state index contributed by atoms with van der Waals surface area (Å²) in [6.07, 6.45) is -2.57. The number of esters is 1. The summed E-state index contributed by atoms with van der Waals surface area (Å²) in [5.74, 6) is -0.565. The Balaban J connectivity index is 2.81. The number of benzene rings is 1. The molecule has 0 aromatic heterocycles. The van der Waals surface area contributed by atoms with Crippen molar-refractivity contribution < 1.29 is 19.7 Å². The first-order chi connectivity index (χ1) is 7.95. The summed E-state index contributed by atoms with van der Waals surface area (Å²) in [6.45, 7) is 1.78. The minimum absolute atomic E-state index is 0.249. The lowest BCUT2D eigenvalue weighted by Gasteiger charge is -2.19. The van der Waals surface area contributed by atoms with Crippen LogP contribution >= 0.6 is 0 Å². The standard InChI is InChI=1S/C12H17NO4/c1-7-5-8(13)3-4-9(7)12(16)10(14)6-11(15)17-2/h3-5,10,12,14,16H,6,13H2,1-2H3. The highest BCUT2D eigenvalue weighted by molar-refractivity contribution is 5.69. The second-order valence-electron chi connectivity index (χ2n) is 3.91. The van der Waals surface area contributed by atoms with Gasteiger partial charge in [-0.3, -0.25) is 4.79 Å². The number of carbonyl (C=O) groups excluding carboxylic acids is 1. The van der Waals surface area contributed by atoms with Crippen LogP contribution in [-0.4, -0.2) is 29.4 Å². The van der Waals surface area contributed by atoms with Crippen LogP contribution in [0.2, 0.25) is 0 Å². The van der Waals surface area contributed by atoms with Crippen LogP contribution < -0.4 is 5.73 Å². The first-order valence-electron chi connectivity index (χ1n) is 5.24. The van der Waals surface area contributed by atoms with E-state index < -0.39 is 18.2 Å². The Hall–Kier alpha value is -1.59. The molecule has 0 radical (unpaired) electrons. The number of methoxy groups -OCH3 is 1. The van der Waals surface area contributed by atoms with Crippen LogP contribution in [0, 0.1) is 6.92 Å². The van der Waals surface area contributed by atoms with Crippen LogP contribution in [0.1, 0.15) is 23.7 Å². The second kappa shape index (κ2) is 5.65. The van der Waals surface area contributed by atoms with Gasteiger partial charge in [0.2, 0.25) is 0 Å². The number of ether oxygens (including phenoxy) is 1. The molecule has 1 aromatic carbocycles. The summed E-state index contributed by atoms with van der Waals surface area (Å²) in [4.78, 5) is 11.0. The van der Waals surface area contributed by atoms with Gasteiger partial charge in [-0.15, -0.1) is 0 Å². The van der Waals surface area contributed by atoms with Gasteiger partial charge >= 0.3 is 5.97 Å². The number of hydrogen-bond donors (Lipinski definition) is 3. The molecule has 0 aliphatic heterocycles. The molecule has 17 heavy (non-hydrogen) atoms. The molecule has 0 heterocycles. The van der Waals surface area contributed by atoms with Crippen molar-refractivity contribution in [2.45, 2.75) is 25.6 Å². The first-order valence-corrected chi connectivity index (χ1v) is 5.24. The van der Waals surface area contributed by atoms with Crippen LogP contribution in [0.5, 0.6) is 0 Å². The topological polar surface area (TPSA) is 92.8 Å². The Morgan fingerprint density at radius 2 is 2.12 bits per heavy atom. The lowest BCUT2D eigenvalue weighted by atomic mass is 9.97. The summed E-state index contributed by atoms with van der Waals surface area (Å²) in [5.41, 5.74) is 7.49. The fourth-order valence-electron chi connectivity index (χ4n) is 1.60. The molecule has 5 nitrogen and oxygen atoms in total. The summed E-state index contributed by atoms with van der Waals surface area (Å²) in [6, 6.07) is 4.97. The molecule has 0 bridgehead atoms. The minimum Gasteiger partial charge on any atom is -0.469 e. The molecule has 0 spiro atoms. The predicted octanol–water partition coefficient (Wildman–Crippen LogP) is 0.535. The molecule has 4 N–H and O–H groups in total. The number of hydrogen-bond acceptors (Lipinski definition) is 5. The van der Waals surface area contributed by atoms with Gasteiger partial charge in [0.25, 0.3) is 0 Å². The van der Waals surface area contributed by atoms with Gasteiger partial charge in [0, 0.05) is 5.69 Å². The van der Waals surface area contributed by atoms with E-state index >= 15 is 0 Å². The number of rotatable bonds is 4. The van der Waals surface area contributed by atoms with Crippen LogP contribution in [0.4, 0.5) is 5.69 Å². The van der Waals surface area contributed by atoms with E-state index in [-0.39, 0.29) is 6.42 Å². The molecule has 0 aliphatic carbocycles. The van der Waals surface area contributed by atoms with Gasteiger partial charge in [0.05, 0.1) is 19.6 Å². The highest BCUT2D eigenvalue weighted by atomic mass is 16.5. The summed E-state index contributed by atoms with van der Waals surface area (Å²) in [7, 11) is 1.23. The zero-order chi connectivity index (χ0) is 13.0. The quantitative estimate of drug-likeness (QED) is 0.526. The van der Waals surface area contributed by atoms with Crippen LogP contribution in [0.3, 0.4) is 0 Å². The van der Waals surface area contributed by atoms with E-state index in [0.717, 1.165) is 5.56 Å². The molecule has 0 saturated carbocycles.